The summed E-state index contributed by atoms with van der Waals surface area (Å²) < 4.78 is 45.7. The topological polar surface area (TPSA) is 82.1 Å². The van der Waals surface area contributed by atoms with Gasteiger partial charge in [0, 0.05) is 6.54 Å². The molecule has 2 aromatic rings. The van der Waals surface area contributed by atoms with Gasteiger partial charge >= 0.3 is 5.97 Å². The quantitative estimate of drug-likeness (QED) is 0.417. The Hall–Kier alpha value is -2.58. The van der Waals surface area contributed by atoms with Gasteiger partial charge in [0.05, 0.1) is 37.7 Å². The third-order valence-corrected chi connectivity index (χ3v) is 9.19. The fraction of sp³-hybridized carbons (Fsp3) is 0.536. The number of rotatable bonds is 9. The number of hydrogen-bond acceptors (Lipinski definition) is 6. The van der Waals surface area contributed by atoms with E-state index in [9.17, 15) is 13.2 Å². The van der Waals surface area contributed by atoms with Crippen molar-refractivity contribution in [1.82, 2.24) is 4.31 Å². The van der Waals surface area contributed by atoms with E-state index in [0.717, 1.165) is 24.0 Å². The molecule has 0 aromatic heterocycles. The van der Waals surface area contributed by atoms with Crippen LogP contribution in [0.4, 0.5) is 0 Å². The predicted octanol–water partition coefficient (Wildman–Crippen LogP) is 5.38. The Labute approximate surface area is 214 Å². The van der Waals surface area contributed by atoms with Crippen LogP contribution in [-0.2, 0) is 26.0 Å². The van der Waals surface area contributed by atoms with Gasteiger partial charge in [0.1, 0.15) is 0 Å². The van der Waals surface area contributed by atoms with Crippen molar-refractivity contribution < 1.29 is 27.4 Å². The van der Waals surface area contributed by atoms with Gasteiger partial charge in [-0.05, 0) is 80.0 Å². The summed E-state index contributed by atoms with van der Waals surface area (Å²) in [5, 5.41) is 0. The molecule has 1 saturated carbocycles. The van der Waals surface area contributed by atoms with Crippen molar-refractivity contribution in [2.45, 2.75) is 75.6 Å². The van der Waals surface area contributed by atoms with Crippen LogP contribution in [0.1, 0.15) is 81.0 Å². The van der Waals surface area contributed by atoms with Crippen LogP contribution in [0.5, 0.6) is 11.5 Å². The van der Waals surface area contributed by atoms with E-state index in [1.807, 2.05) is 38.1 Å². The SMILES string of the molecule is CCOc1cc2c(cc1OCC)[C@H](CC(=O)OC)N(S(=O)(=O)c1ccc(C3CCCCC3)cc1)CC2. The molecule has 7 nitrogen and oxygen atoms in total. The molecule has 1 aliphatic heterocycles. The first-order valence-corrected chi connectivity index (χ1v) is 14.4. The van der Waals surface area contributed by atoms with E-state index >= 15 is 0 Å². The van der Waals surface area contributed by atoms with Crippen molar-refractivity contribution in [3.63, 3.8) is 0 Å². The number of carbonyl (C=O) groups is 1. The highest BCUT2D eigenvalue weighted by Crippen LogP contribution is 2.42. The summed E-state index contributed by atoms with van der Waals surface area (Å²) in [6.45, 7) is 4.98. The molecule has 1 aliphatic carbocycles. The largest absolute Gasteiger partial charge is 0.490 e. The number of nitrogens with zero attached hydrogens (tertiary/aromatic N) is 1. The van der Waals surface area contributed by atoms with Crippen molar-refractivity contribution in [2.75, 3.05) is 26.9 Å². The maximum absolute atomic E-state index is 13.9. The van der Waals surface area contributed by atoms with Crippen LogP contribution in [0.2, 0.25) is 0 Å². The van der Waals surface area contributed by atoms with Crippen LogP contribution in [0.3, 0.4) is 0 Å². The number of fused-ring (bicyclic) bond motifs is 1. The molecule has 1 atom stereocenters. The Kier molecular flexibility index (Phi) is 8.57. The second-order valence-electron chi connectivity index (χ2n) is 9.43. The van der Waals surface area contributed by atoms with Gasteiger partial charge in [0.2, 0.25) is 10.0 Å². The minimum Gasteiger partial charge on any atom is -0.490 e. The van der Waals surface area contributed by atoms with Crippen LogP contribution < -0.4 is 9.47 Å². The molecule has 0 bridgehead atoms. The molecule has 0 unspecified atom stereocenters. The fourth-order valence-corrected chi connectivity index (χ4v) is 7.05. The van der Waals surface area contributed by atoms with E-state index in [2.05, 4.69) is 0 Å². The molecule has 1 fully saturated rings. The lowest BCUT2D eigenvalue weighted by atomic mass is 9.84. The molecule has 0 spiro atoms. The number of benzene rings is 2. The van der Waals surface area contributed by atoms with Gasteiger partial charge in [-0.25, -0.2) is 8.42 Å². The molecule has 196 valence electrons. The van der Waals surface area contributed by atoms with Crippen molar-refractivity contribution in [1.29, 1.82) is 0 Å². The molecular formula is C28H37NO6S. The molecule has 8 heteroatoms. The van der Waals surface area contributed by atoms with E-state index in [1.54, 1.807) is 12.1 Å². The zero-order valence-electron chi connectivity index (χ0n) is 21.5. The normalized spacial score (nSPS) is 18.9. The highest BCUT2D eigenvalue weighted by Gasteiger charge is 2.38. The maximum atomic E-state index is 13.9. The van der Waals surface area contributed by atoms with Crippen LogP contribution in [0.25, 0.3) is 0 Å². The molecule has 0 amide bonds. The summed E-state index contributed by atoms with van der Waals surface area (Å²) in [5.74, 6) is 1.21. The molecule has 2 aliphatic rings. The van der Waals surface area contributed by atoms with Crippen molar-refractivity contribution in [3.8, 4) is 11.5 Å². The monoisotopic (exact) mass is 515 g/mol. The minimum atomic E-state index is -3.85. The lowest BCUT2D eigenvalue weighted by Gasteiger charge is -2.36. The first-order chi connectivity index (χ1) is 17.4. The van der Waals surface area contributed by atoms with Crippen LogP contribution in [-0.4, -0.2) is 45.6 Å². The Balaban J connectivity index is 1.69. The van der Waals surface area contributed by atoms with Gasteiger partial charge in [-0.3, -0.25) is 4.79 Å². The number of hydrogen-bond donors (Lipinski definition) is 0. The van der Waals surface area contributed by atoms with Crippen LogP contribution >= 0.6 is 0 Å². The zero-order valence-corrected chi connectivity index (χ0v) is 22.3. The number of methoxy groups -OCH3 is 1. The number of sulfonamides is 1. The summed E-state index contributed by atoms with van der Waals surface area (Å²) >= 11 is 0. The van der Waals surface area contributed by atoms with E-state index < -0.39 is 22.0 Å². The summed E-state index contributed by atoms with van der Waals surface area (Å²) in [4.78, 5) is 12.6. The van der Waals surface area contributed by atoms with E-state index in [1.165, 1.54) is 36.2 Å². The van der Waals surface area contributed by atoms with Crippen molar-refractivity contribution in [3.05, 3.63) is 53.1 Å². The van der Waals surface area contributed by atoms with Crippen LogP contribution in [0, 0.1) is 0 Å². The second kappa shape index (κ2) is 11.6. The van der Waals surface area contributed by atoms with Gasteiger partial charge < -0.3 is 14.2 Å². The Morgan fingerprint density at radius 3 is 2.22 bits per heavy atom. The molecule has 4 rings (SSSR count). The zero-order chi connectivity index (χ0) is 25.7. The second-order valence-corrected chi connectivity index (χ2v) is 11.3. The summed E-state index contributed by atoms with van der Waals surface area (Å²) in [7, 11) is -2.53. The van der Waals surface area contributed by atoms with Gasteiger partial charge in [-0.2, -0.15) is 4.31 Å². The van der Waals surface area contributed by atoms with E-state index in [-0.39, 0.29) is 17.9 Å². The number of carbonyl (C=O) groups excluding carboxylic acids is 1. The Morgan fingerprint density at radius 2 is 1.61 bits per heavy atom. The first kappa shape index (κ1) is 26.5. The van der Waals surface area contributed by atoms with E-state index in [0.29, 0.717) is 37.1 Å². The predicted molar refractivity (Wildman–Crippen MR) is 138 cm³/mol. The average Bonchev–Trinajstić information content (AvgIpc) is 2.90. The van der Waals surface area contributed by atoms with Crippen molar-refractivity contribution in [2.24, 2.45) is 0 Å². The minimum absolute atomic E-state index is 0.0809. The smallest absolute Gasteiger partial charge is 0.307 e. The molecule has 0 saturated heterocycles. The average molecular weight is 516 g/mol. The molecule has 36 heavy (non-hydrogen) atoms. The maximum Gasteiger partial charge on any atom is 0.307 e. The van der Waals surface area contributed by atoms with Crippen LogP contribution in [0.15, 0.2) is 41.3 Å². The number of ether oxygens (including phenoxy) is 3. The van der Waals surface area contributed by atoms with Crippen molar-refractivity contribution >= 4 is 16.0 Å². The Morgan fingerprint density at radius 1 is 0.972 bits per heavy atom. The lowest BCUT2D eigenvalue weighted by molar-refractivity contribution is -0.141. The van der Waals surface area contributed by atoms with Gasteiger partial charge in [0.15, 0.2) is 11.5 Å². The highest BCUT2D eigenvalue weighted by atomic mass is 32.2. The third-order valence-electron chi connectivity index (χ3n) is 7.26. The summed E-state index contributed by atoms with van der Waals surface area (Å²) in [6, 6.07) is 10.4. The summed E-state index contributed by atoms with van der Waals surface area (Å²) in [5.41, 5.74) is 2.91. The van der Waals surface area contributed by atoms with E-state index in [4.69, 9.17) is 14.2 Å². The third kappa shape index (κ3) is 5.54. The van der Waals surface area contributed by atoms with Gasteiger partial charge in [0.25, 0.3) is 0 Å². The molecule has 1 heterocycles. The molecule has 0 radical (unpaired) electrons. The Bertz CT molecular complexity index is 1160. The first-order valence-electron chi connectivity index (χ1n) is 13.0. The standard InChI is InChI=1S/C28H37NO6S/c1-4-34-26-17-22-15-16-29(25(19-28(30)33-3)24(22)18-27(26)35-5-2)36(31,32)23-13-11-21(12-14-23)20-9-7-6-8-10-20/h11-14,17-18,20,25H,4-10,15-16,19H2,1-3H3/t25-/m0/s1. The summed E-state index contributed by atoms with van der Waals surface area (Å²) in [6.07, 6.45) is 6.47. The van der Waals surface area contributed by atoms with Gasteiger partial charge in [-0.1, -0.05) is 31.4 Å². The number of esters is 1. The highest BCUT2D eigenvalue weighted by molar-refractivity contribution is 7.89. The lowest BCUT2D eigenvalue weighted by Crippen LogP contribution is -2.41. The van der Waals surface area contributed by atoms with Gasteiger partial charge in [-0.15, -0.1) is 0 Å². The molecule has 0 N–H and O–H groups in total. The molecular weight excluding hydrogens is 478 g/mol. The fourth-order valence-electron chi connectivity index (χ4n) is 5.45. The molecule has 2 aromatic carbocycles.